The number of aliphatic hydroxyl groups is 3. The van der Waals surface area contributed by atoms with Crippen molar-refractivity contribution >= 4 is 0 Å². The highest BCUT2D eigenvalue weighted by Crippen LogP contribution is 2.58. The van der Waals surface area contributed by atoms with Crippen LogP contribution >= 0.6 is 0 Å². The Morgan fingerprint density at radius 2 is 1.38 bits per heavy atom. The summed E-state index contributed by atoms with van der Waals surface area (Å²) in [7, 11) is 0. The summed E-state index contributed by atoms with van der Waals surface area (Å²) in [6.07, 6.45) is 3.85. The van der Waals surface area contributed by atoms with E-state index in [0.717, 1.165) is 19.3 Å². The van der Waals surface area contributed by atoms with Gasteiger partial charge < -0.3 is 15.3 Å². The maximum Gasteiger partial charge on any atom is 0.168 e. The molecule has 3 N–H and O–H groups in total. The topological polar surface area (TPSA) is 60.7 Å². The maximum absolute atomic E-state index is 10.1. The Hall–Kier alpha value is -0.120. The lowest BCUT2D eigenvalue weighted by Gasteiger charge is -2.59. The second-order valence-electron chi connectivity index (χ2n) is 5.35. The van der Waals surface area contributed by atoms with E-state index in [1.807, 2.05) is 0 Å². The first-order valence-electron chi connectivity index (χ1n) is 5.17. The Labute approximate surface area is 77.4 Å². The van der Waals surface area contributed by atoms with E-state index >= 15 is 0 Å². The van der Waals surface area contributed by atoms with Crippen LogP contribution in [0.5, 0.6) is 0 Å². The van der Waals surface area contributed by atoms with Crippen LogP contribution in [0.1, 0.15) is 32.1 Å². The first kappa shape index (κ1) is 8.21. The molecule has 0 aromatic rings. The minimum atomic E-state index is -1.48. The third-order valence-corrected chi connectivity index (χ3v) is 4.36. The molecule has 0 amide bonds. The zero-order valence-electron chi connectivity index (χ0n) is 7.61. The van der Waals surface area contributed by atoms with E-state index in [2.05, 4.69) is 0 Å². The predicted octanol–water partition coefficient (Wildman–Crippen LogP) is 0.238. The fourth-order valence-corrected chi connectivity index (χ4v) is 3.92. The van der Waals surface area contributed by atoms with E-state index in [1.165, 1.54) is 0 Å². The van der Waals surface area contributed by atoms with Gasteiger partial charge in [-0.15, -0.1) is 0 Å². The summed E-state index contributed by atoms with van der Waals surface area (Å²) in [6.45, 7) is 0. The van der Waals surface area contributed by atoms with Crippen molar-refractivity contribution in [3.63, 3.8) is 0 Å². The molecule has 0 spiro atoms. The summed E-state index contributed by atoms with van der Waals surface area (Å²) in [4.78, 5) is 0. The number of hydrogen-bond donors (Lipinski definition) is 3. The zero-order chi connectivity index (χ0) is 9.27. The Morgan fingerprint density at radius 3 is 1.85 bits per heavy atom. The normalized spacial score (nSPS) is 57.0. The minimum absolute atomic E-state index is 0.0799. The van der Waals surface area contributed by atoms with Crippen LogP contribution in [0.3, 0.4) is 0 Å². The van der Waals surface area contributed by atoms with Crippen molar-refractivity contribution in [1.82, 2.24) is 0 Å². The summed E-state index contributed by atoms with van der Waals surface area (Å²) in [5, 5.41) is 29.8. The Kier molecular flexibility index (Phi) is 1.33. The van der Waals surface area contributed by atoms with Gasteiger partial charge in [-0.2, -0.15) is 0 Å². The van der Waals surface area contributed by atoms with Gasteiger partial charge in [0.2, 0.25) is 0 Å². The van der Waals surface area contributed by atoms with E-state index < -0.39 is 11.4 Å². The molecule has 4 fully saturated rings. The number of rotatable bonds is 0. The molecule has 0 radical (unpaired) electrons. The molecule has 4 rings (SSSR count). The smallest absolute Gasteiger partial charge is 0.168 e. The maximum atomic E-state index is 10.1. The summed E-state index contributed by atoms with van der Waals surface area (Å²) < 4.78 is 0. The molecule has 2 atom stereocenters. The molecule has 13 heavy (non-hydrogen) atoms. The van der Waals surface area contributed by atoms with Crippen molar-refractivity contribution in [3.8, 4) is 0 Å². The van der Waals surface area contributed by atoms with Crippen molar-refractivity contribution in [2.24, 2.45) is 17.8 Å². The van der Waals surface area contributed by atoms with Crippen LogP contribution in [0.25, 0.3) is 0 Å². The van der Waals surface area contributed by atoms with Gasteiger partial charge in [0.05, 0.1) is 5.60 Å². The molecule has 3 nitrogen and oxygen atoms in total. The van der Waals surface area contributed by atoms with E-state index in [1.54, 1.807) is 0 Å². The first-order chi connectivity index (χ1) is 6.00. The van der Waals surface area contributed by atoms with Crippen LogP contribution in [-0.2, 0) is 0 Å². The van der Waals surface area contributed by atoms with Crippen LogP contribution in [0.4, 0.5) is 0 Å². The van der Waals surface area contributed by atoms with Crippen LogP contribution in [0.15, 0.2) is 0 Å². The van der Waals surface area contributed by atoms with Crippen molar-refractivity contribution in [3.05, 3.63) is 0 Å². The summed E-state index contributed by atoms with van der Waals surface area (Å²) in [6, 6.07) is 0. The van der Waals surface area contributed by atoms with Crippen molar-refractivity contribution < 1.29 is 15.3 Å². The summed E-state index contributed by atoms with van der Waals surface area (Å²) in [5.74, 6) is -1.11. The molecule has 0 aliphatic heterocycles. The van der Waals surface area contributed by atoms with Gasteiger partial charge in [-0.1, -0.05) is 0 Å². The van der Waals surface area contributed by atoms with Gasteiger partial charge in [-0.05, 0) is 38.0 Å². The quantitative estimate of drug-likeness (QED) is 0.472. The van der Waals surface area contributed by atoms with E-state index in [4.69, 9.17) is 0 Å². The fraction of sp³-hybridized carbons (Fsp3) is 1.00. The monoisotopic (exact) mass is 184 g/mol. The van der Waals surface area contributed by atoms with Crippen molar-refractivity contribution in [2.75, 3.05) is 0 Å². The van der Waals surface area contributed by atoms with Gasteiger partial charge in [-0.3, -0.25) is 0 Å². The fourth-order valence-electron chi connectivity index (χ4n) is 3.92. The standard InChI is InChI=1S/C10H16O3/c11-9-3-6-1-7(4-9)10(12,13)8(2-6)5-9/h6-8,11-13H,1-5H2. The first-order valence-corrected chi connectivity index (χ1v) is 5.17. The average Bonchev–Trinajstić information content (AvgIpc) is 1.97. The Balaban J connectivity index is 1.99. The van der Waals surface area contributed by atoms with Gasteiger partial charge in [0, 0.05) is 11.8 Å². The highest BCUT2D eigenvalue weighted by Gasteiger charge is 2.60. The third kappa shape index (κ3) is 0.953. The van der Waals surface area contributed by atoms with Crippen molar-refractivity contribution in [2.45, 2.75) is 43.5 Å². The Morgan fingerprint density at radius 1 is 0.846 bits per heavy atom. The summed E-state index contributed by atoms with van der Waals surface area (Å²) >= 11 is 0. The van der Waals surface area contributed by atoms with E-state index in [9.17, 15) is 15.3 Å². The molecule has 0 heterocycles. The molecule has 3 heteroatoms. The lowest BCUT2D eigenvalue weighted by molar-refractivity contribution is -0.317. The molecule has 4 aliphatic rings. The molecular weight excluding hydrogens is 168 g/mol. The minimum Gasteiger partial charge on any atom is -0.390 e. The molecule has 2 unspecified atom stereocenters. The largest absolute Gasteiger partial charge is 0.390 e. The molecule has 0 aromatic heterocycles. The van der Waals surface area contributed by atoms with Gasteiger partial charge in [0.1, 0.15) is 0 Å². The molecule has 74 valence electrons. The SMILES string of the molecule is OC12CC3CC(C1)C(O)(O)C(C3)C2. The lowest BCUT2D eigenvalue weighted by Crippen LogP contribution is -2.63. The highest BCUT2D eigenvalue weighted by atomic mass is 16.5. The second kappa shape index (κ2) is 2.10. The van der Waals surface area contributed by atoms with Gasteiger partial charge in [-0.25, -0.2) is 0 Å². The van der Waals surface area contributed by atoms with Crippen LogP contribution in [0.2, 0.25) is 0 Å². The van der Waals surface area contributed by atoms with Crippen LogP contribution in [0, 0.1) is 17.8 Å². The third-order valence-electron chi connectivity index (χ3n) is 4.36. The van der Waals surface area contributed by atoms with Crippen LogP contribution < -0.4 is 0 Å². The zero-order valence-corrected chi connectivity index (χ0v) is 7.61. The van der Waals surface area contributed by atoms with Gasteiger partial charge >= 0.3 is 0 Å². The molecule has 0 saturated heterocycles. The molecule has 4 bridgehead atoms. The second-order valence-corrected chi connectivity index (χ2v) is 5.35. The van der Waals surface area contributed by atoms with Crippen LogP contribution in [-0.4, -0.2) is 26.7 Å². The van der Waals surface area contributed by atoms with E-state index in [-0.39, 0.29) is 11.8 Å². The summed E-state index contributed by atoms with van der Waals surface area (Å²) in [5.41, 5.74) is -0.564. The molecule has 4 aliphatic carbocycles. The molecule has 4 saturated carbocycles. The average molecular weight is 184 g/mol. The van der Waals surface area contributed by atoms with E-state index in [0.29, 0.717) is 18.8 Å². The van der Waals surface area contributed by atoms with Gasteiger partial charge in [0.25, 0.3) is 0 Å². The predicted molar refractivity (Wildman–Crippen MR) is 45.7 cm³/mol. The number of hydrogen-bond acceptors (Lipinski definition) is 3. The Bertz CT molecular complexity index is 231. The van der Waals surface area contributed by atoms with Gasteiger partial charge in [0.15, 0.2) is 5.79 Å². The molecule has 0 aromatic carbocycles. The highest BCUT2D eigenvalue weighted by molar-refractivity contribution is 5.08. The van der Waals surface area contributed by atoms with Crippen molar-refractivity contribution in [1.29, 1.82) is 0 Å². The molecular formula is C10H16O3. The lowest BCUT2D eigenvalue weighted by atomic mass is 9.51.